The lowest BCUT2D eigenvalue weighted by Crippen LogP contribution is -2.07. The van der Waals surface area contributed by atoms with Crippen molar-refractivity contribution < 1.29 is 8.78 Å². The van der Waals surface area contributed by atoms with E-state index < -0.39 is 6.43 Å². The summed E-state index contributed by atoms with van der Waals surface area (Å²) in [4.78, 5) is 4.00. The van der Waals surface area contributed by atoms with Crippen LogP contribution in [0, 0.1) is 10.5 Å². The second-order valence-corrected chi connectivity index (χ2v) is 3.76. The Morgan fingerprint density at radius 2 is 2.23 bits per heavy atom. The van der Waals surface area contributed by atoms with Crippen LogP contribution in [0.15, 0.2) is 6.07 Å². The Morgan fingerprint density at radius 1 is 1.62 bits per heavy atom. The number of nitrogens with two attached hydrogens (primary N) is 1. The Morgan fingerprint density at radius 3 is 2.69 bits per heavy atom. The number of alkyl halides is 2. The van der Waals surface area contributed by atoms with Gasteiger partial charge in [0.2, 0.25) is 0 Å². The highest BCUT2D eigenvalue weighted by Crippen LogP contribution is 2.24. The maximum absolute atomic E-state index is 12.4. The molecular weight excluding hydrogens is 289 g/mol. The number of rotatable bonds is 2. The van der Waals surface area contributed by atoms with Gasteiger partial charge in [0.1, 0.15) is 0 Å². The largest absolute Gasteiger partial charge is 0.325 e. The second-order valence-electron chi connectivity index (χ2n) is 2.60. The fourth-order valence-electron chi connectivity index (χ4n) is 0.997. The molecule has 72 valence electrons. The Bertz CT molecular complexity index is 315. The average Bonchev–Trinajstić information content (AvgIpc) is 2.08. The van der Waals surface area contributed by atoms with Crippen molar-refractivity contribution in [1.29, 1.82) is 0 Å². The number of nitrogens with zero attached hydrogens (tertiary/aromatic N) is 1. The Balaban J connectivity index is 3.25. The van der Waals surface area contributed by atoms with Crippen molar-refractivity contribution in [3.63, 3.8) is 0 Å². The van der Waals surface area contributed by atoms with Crippen LogP contribution < -0.4 is 5.73 Å². The van der Waals surface area contributed by atoms with E-state index in [9.17, 15) is 8.78 Å². The van der Waals surface area contributed by atoms with E-state index in [2.05, 4.69) is 4.98 Å². The van der Waals surface area contributed by atoms with Crippen molar-refractivity contribution in [3.8, 4) is 0 Å². The molecule has 1 aromatic rings. The predicted octanol–water partition coefficient (Wildman–Crippen LogP) is 2.39. The van der Waals surface area contributed by atoms with Crippen LogP contribution in [0.5, 0.6) is 0 Å². The zero-order valence-electron chi connectivity index (χ0n) is 7.02. The van der Waals surface area contributed by atoms with Gasteiger partial charge in [-0.05, 0) is 35.6 Å². The van der Waals surface area contributed by atoms with Crippen LogP contribution in [-0.2, 0) is 6.54 Å². The summed E-state index contributed by atoms with van der Waals surface area (Å²) in [6, 6.07) is 1.44. The lowest BCUT2D eigenvalue weighted by atomic mass is 10.2. The van der Waals surface area contributed by atoms with Gasteiger partial charge in [-0.3, -0.25) is 4.98 Å². The molecule has 0 aliphatic heterocycles. The van der Waals surface area contributed by atoms with E-state index in [1.165, 1.54) is 6.07 Å². The first kappa shape index (κ1) is 10.8. The Hall–Kier alpha value is -0.300. The van der Waals surface area contributed by atoms with Gasteiger partial charge in [-0.2, -0.15) is 0 Å². The van der Waals surface area contributed by atoms with Crippen LogP contribution in [0.4, 0.5) is 8.78 Å². The SMILES string of the molecule is Cc1nc(CN)c(C(F)F)cc1I. The van der Waals surface area contributed by atoms with Crippen LogP contribution in [0.1, 0.15) is 23.4 Å². The number of hydrogen-bond donors (Lipinski definition) is 1. The fraction of sp³-hybridized carbons (Fsp3) is 0.375. The van der Waals surface area contributed by atoms with E-state index in [-0.39, 0.29) is 17.8 Å². The number of aryl methyl sites for hydroxylation is 1. The lowest BCUT2D eigenvalue weighted by Gasteiger charge is -2.08. The van der Waals surface area contributed by atoms with Crippen molar-refractivity contribution >= 4 is 22.6 Å². The molecule has 0 saturated heterocycles. The summed E-state index contributed by atoms with van der Waals surface area (Å²) in [5, 5.41) is 0. The van der Waals surface area contributed by atoms with Gasteiger partial charge in [0.15, 0.2) is 0 Å². The van der Waals surface area contributed by atoms with E-state index in [1.807, 2.05) is 22.6 Å². The first-order valence-electron chi connectivity index (χ1n) is 3.70. The fourth-order valence-corrected chi connectivity index (χ4v) is 1.45. The lowest BCUT2D eigenvalue weighted by molar-refractivity contribution is 0.149. The van der Waals surface area contributed by atoms with Gasteiger partial charge in [0.25, 0.3) is 6.43 Å². The monoisotopic (exact) mass is 298 g/mol. The van der Waals surface area contributed by atoms with Crippen LogP contribution in [0.2, 0.25) is 0 Å². The molecule has 0 spiro atoms. The van der Waals surface area contributed by atoms with Gasteiger partial charge in [0.05, 0.1) is 11.4 Å². The van der Waals surface area contributed by atoms with Gasteiger partial charge >= 0.3 is 0 Å². The Kier molecular flexibility index (Phi) is 3.55. The second kappa shape index (κ2) is 4.28. The molecule has 1 rings (SSSR count). The Labute approximate surface area is 88.7 Å². The molecule has 0 aliphatic rings. The minimum atomic E-state index is -2.50. The van der Waals surface area contributed by atoms with Crippen LogP contribution >= 0.6 is 22.6 Å². The molecule has 5 heteroatoms. The van der Waals surface area contributed by atoms with Gasteiger partial charge < -0.3 is 5.73 Å². The van der Waals surface area contributed by atoms with Crippen molar-refractivity contribution in [1.82, 2.24) is 4.98 Å². The molecular formula is C8H9F2IN2. The van der Waals surface area contributed by atoms with Gasteiger partial charge in [-0.25, -0.2) is 8.78 Å². The molecule has 2 N–H and O–H groups in total. The highest BCUT2D eigenvalue weighted by atomic mass is 127. The van der Waals surface area contributed by atoms with Crippen molar-refractivity contribution in [2.24, 2.45) is 5.73 Å². The normalized spacial score (nSPS) is 10.9. The molecule has 0 amide bonds. The van der Waals surface area contributed by atoms with Gasteiger partial charge in [0, 0.05) is 15.7 Å². The van der Waals surface area contributed by atoms with Crippen LogP contribution in [-0.4, -0.2) is 4.98 Å². The third-order valence-electron chi connectivity index (χ3n) is 1.69. The molecule has 13 heavy (non-hydrogen) atoms. The molecule has 1 aromatic heterocycles. The smallest absolute Gasteiger partial charge is 0.265 e. The highest BCUT2D eigenvalue weighted by Gasteiger charge is 2.14. The van der Waals surface area contributed by atoms with Gasteiger partial charge in [-0.15, -0.1) is 0 Å². The third-order valence-corrected chi connectivity index (χ3v) is 2.78. The molecule has 0 fully saturated rings. The minimum absolute atomic E-state index is 0.0530. The summed E-state index contributed by atoms with van der Waals surface area (Å²) in [6.45, 7) is 1.83. The molecule has 0 radical (unpaired) electrons. The van der Waals surface area contributed by atoms with E-state index >= 15 is 0 Å². The van der Waals surface area contributed by atoms with Crippen LogP contribution in [0.25, 0.3) is 0 Å². The van der Waals surface area contributed by atoms with Crippen molar-refractivity contribution in [3.05, 3.63) is 26.6 Å². The van der Waals surface area contributed by atoms with E-state index in [0.29, 0.717) is 0 Å². The first-order chi connectivity index (χ1) is 6.06. The topological polar surface area (TPSA) is 38.9 Å². The number of halogens is 3. The summed E-state index contributed by atoms with van der Waals surface area (Å²) < 4.78 is 25.6. The molecule has 0 atom stereocenters. The molecule has 0 aliphatic carbocycles. The third kappa shape index (κ3) is 2.34. The summed E-state index contributed by atoms with van der Waals surface area (Å²) in [5.41, 5.74) is 6.28. The molecule has 0 saturated carbocycles. The summed E-state index contributed by atoms with van der Waals surface area (Å²) in [7, 11) is 0. The quantitative estimate of drug-likeness (QED) is 0.852. The maximum atomic E-state index is 12.4. The summed E-state index contributed by atoms with van der Waals surface area (Å²) in [6.07, 6.45) is -2.50. The molecule has 0 bridgehead atoms. The summed E-state index contributed by atoms with van der Waals surface area (Å²) >= 11 is 1.98. The molecule has 0 unspecified atom stereocenters. The zero-order valence-corrected chi connectivity index (χ0v) is 9.18. The predicted molar refractivity (Wildman–Crippen MR) is 54.5 cm³/mol. The zero-order chi connectivity index (χ0) is 10.0. The number of pyridine rings is 1. The maximum Gasteiger partial charge on any atom is 0.265 e. The van der Waals surface area contributed by atoms with E-state index in [1.54, 1.807) is 6.92 Å². The molecule has 0 aromatic carbocycles. The highest BCUT2D eigenvalue weighted by molar-refractivity contribution is 14.1. The van der Waals surface area contributed by atoms with Crippen LogP contribution in [0.3, 0.4) is 0 Å². The first-order valence-corrected chi connectivity index (χ1v) is 4.78. The standard InChI is InChI=1S/C8H9F2IN2/c1-4-6(11)2-5(8(9)10)7(3-12)13-4/h2,8H,3,12H2,1H3. The van der Waals surface area contributed by atoms with E-state index in [4.69, 9.17) is 5.73 Å². The summed E-state index contributed by atoms with van der Waals surface area (Å²) in [5.74, 6) is 0. The average molecular weight is 298 g/mol. The number of hydrogen-bond acceptors (Lipinski definition) is 2. The van der Waals surface area contributed by atoms with E-state index in [0.717, 1.165) is 9.26 Å². The molecule has 2 nitrogen and oxygen atoms in total. The van der Waals surface area contributed by atoms with Crippen molar-refractivity contribution in [2.45, 2.75) is 19.9 Å². The molecule has 1 heterocycles. The van der Waals surface area contributed by atoms with Crippen molar-refractivity contribution in [2.75, 3.05) is 0 Å². The number of aromatic nitrogens is 1. The van der Waals surface area contributed by atoms with Gasteiger partial charge in [-0.1, -0.05) is 0 Å². The minimum Gasteiger partial charge on any atom is -0.325 e.